The van der Waals surface area contributed by atoms with Crippen LogP contribution in [-0.4, -0.2) is 237 Å². The van der Waals surface area contributed by atoms with Crippen molar-refractivity contribution in [2.75, 3.05) is 132 Å². The Labute approximate surface area is 813 Å². The summed E-state index contributed by atoms with van der Waals surface area (Å²) in [4.78, 5) is 67.5. The van der Waals surface area contributed by atoms with Gasteiger partial charge in [0.15, 0.2) is 0 Å². The fraction of sp³-hybridized carbons (Fsp3) is 0.848. The molecule has 0 rings (SSSR count). The molecule has 5 amide bonds. The van der Waals surface area contributed by atoms with E-state index in [4.69, 9.17) is 51.1 Å². The van der Waals surface area contributed by atoms with Crippen LogP contribution >= 0.6 is 0 Å². The summed E-state index contributed by atoms with van der Waals surface area (Å²) in [6.07, 6.45) is 111. The van der Waals surface area contributed by atoms with Crippen molar-refractivity contribution in [1.82, 2.24) is 24.5 Å². The molecule has 0 aliphatic heterocycles. The van der Waals surface area contributed by atoms with Crippen LogP contribution in [0.2, 0.25) is 0 Å². The van der Waals surface area contributed by atoms with E-state index >= 15 is 0 Å². The van der Waals surface area contributed by atoms with Gasteiger partial charge < -0.3 is 75.6 Å². The maximum atomic E-state index is 12.0. The molecule has 0 unspecified atom stereocenters. The van der Waals surface area contributed by atoms with Gasteiger partial charge in [0.05, 0.1) is 66.1 Å². The van der Waals surface area contributed by atoms with Crippen molar-refractivity contribution in [3.63, 3.8) is 0 Å². The minimum absolute atomic E-state index is 0.0364. The third-order valence-electron chi connectivity index (χ3n) is 24.0. The number of hydrogen-bond donors (Lipinski definition) is 10. The average Bonchev–Trinajstić information content (AvgIpc) is 0.971. The maximum Gasteiger partial charge on any atom is 0.222 e. The Bertz CT molecular complexity index is 2450. The number of carbonyl (C=O) groups excluding carboxylic acids is 5. The third kappa shape index (κ3) is 111. The molecular formula is C112H217N5O15. The van der Waals surface area contributed by atoms with E-state index in [-0.39, 0.29) is 95.6 Å². The molecule has 0 saturated heterocycles. The van der Waals surface area contributed by atoms with Crippen molar-refractivity contribution in [2.45, 2.75) is 484 Å². The van der Waals surface area contributed by atoms with Crippen LogP contribution in [0, 0.1) is 0 Å². The lowest BCUT2D eigenvalue weighted by molar-refractivity contribution is -0.133. The van der Waals surface area contributed by atoms with Gasteiger partial charge in [-0.1, -0.05) is 403 Å². The van der Waals surface area contributed by atoms with E-state index in [1.807, 2.05) is 0 Å². The second kappa shape index (κ2) is 122. The van der Waals surface area contributed by atoms with E-state index in [1.54, 1.807) is 24.5 Å². The number of amides is 5. The Balaban J connectivity index is -0.000000509. The number of allylic oxidation sites excluding steroid dienone is 12. The molecule has 0 atom stereocenters. The van der Waals surface area contributed by atoms with E-state index in [0.29, 0.717) is 97.6 Å². The number of aliphatic hydroxyl groups is 10. The number of unbranched alkanes of at least 4 members (excludes halogenated alkanes) is 54. The lowest BCUT2D eigenvalue weighted by atomic mass is 10.0. The Kier molecular flexibility index (Phi) is 126. The largest absolute Gasteiger partial charge is 0.395 e. The Morgan fingerprint density at radius 1 is 0.159 bits per heavy atom. The number of nitrogens with zero attached hydrogens (tertiary/aromatic N) is 5. The molecule has 0 bridgehead atoms. The highest BCUT2D eigenvalue weighted by atomic mass is 16.3. The SMILES string of the molecule is CC/C=C\C/C=C\C/C=C\CCCCCCCC(=O)N(CCO)CCO.CCCCC/C=C\C/C=C\CCCCCCCC(=O)N(CCO)CCO.CCCCCCCC/C=C\CCCCCCCC(=O)N(CCO)CCO.CCCCCCCCCCCCCCCCCC(=O)N(CCO)CCO.CCCCCCCCCCCCCCCCCCCC(=O)N(CCO)CCO. The fourth-order valence-corrected chi connectivity index (χ4v) is 15.8. The van der Waals surface area contributed by atoms with Crippen molar-refractivity contribution < 1.29 is 75.0 Å². The highest BCUT2D eigenvalue weighted by Gasteiger charge is 2.17. The summed E-state index contributed by atoms with van der Waals surface area (Å²) in [6, 6.07) is 0. The summed E-state index contributed by atoms with van der Waals surface area (Å²) in [5.41, 5.74) is 0. The standard InChI is InChI=1S/C24H49NO3.C22H45NO3.C22H43NO3.C22H41NO3.C22H39NO3/c1-2-3-4-5-6-7-8-9-10-11-12-13-14-15-16-17-18-19-24(28)25(20-22-26)21-23-27;4*1-2-3-4-5-6-7-8-9-10-11-12-13-14-15-16-17-22(26)23(18-20-24)19-21-25/h26-27H,2-23H2,1H3;24-25H,2-21H2,1H3;9-10,24-25H,2-8,11-21H2,1H3;6-7,9-10,24-25H,2-5,8,11-21H2,1H3;3-4,6-7,9-10,24-25H,2,5,8,11-21H2,1H3/b;;10-9-;7-6-,10-9-;4-3-,7-6-,10-9-. The van der Waals surface area contributed by atoms with E-state index in [0.717, 1.165) is 109 Å². The predicted molar refractivity (Wildman–Crippen MR) is 560 cm³/mol. The van der Waals surface area contributed by atoms with E-state index < -0.39 is 0 Å². The normalized spacial score (nSPS) is 11.4. The number of aliphatic hydroxyl groups excluding tert-OH is 10. The lowest BCUT2D eigenvalue weighted by Gasteiger charge is -2.20. The van der Waals surface area contributed by atoms with Crippen molar-refractivity contribution >= 4 is 29.5 Å². The molecule has 0 aromatic carbocycles. The van der Waals surface area contributed by atoms with Gasteiger partial charge in [0, 0.05) is 97.6 Å². The molecule has 10 N–H and O–H groups in total. The lowest BCUT2D eigenvalue weighted by Crippen LogP contribution is -2.35. The first-order chi connectivity index (χ1) is 64.8. The molecular weight excluding hydrogens is 1660 g/mol. The molecule has 0 radical (unpaired) electrons. The summed E-state index contributed by atoms with van der Waals surface area (Å²) in [7, 11) is 0. The molecule has 780 valence electrons. The first kappa shape index (κ1) is 136. The third-order valence-corrected chi connectivity index (χ3v) is 24.0. The van der Waals surface area contributed by atoms with Crippen LogP contribution in [0.15, 0.2) is 72.9 Å². The van der Waals surface area contributed by atoms with Gasteiger partial charge in [0.1, 0.15) is 0 Å². The molecule has 0 aliphatic carbocycles. The molecule has 0 aromatic heterocycles. The van der Waals surface area contributed by atoms with Crippen LogP contribution in [0.5, 0.6) is 0 Å². The van der Waals surface area contributed by atoms with Gasteiger partial charge in [-0.2, -0.15) is 0 Å². The molecule has 0 aromatic rings. The van der Waals surface area contributed by atoms with Crippen molar-refractivity contribution in [2.24, 2.45) is 0 Å². The molecule has 20 heteroatoms. The number of carbonyl (C=O) groups is 5. The van der Waals surface area contributed by atoms with Gasteiger partial charge in [-0.3, -0.25) is 24.0 Å². The minimum Gasteiger partial charge on any atom is -0.395 e. The Morgan fingerprint density at radius 3 is 0.439 bits per heavy atom. The summed E-state index contributed by atoms with van der Waals surface area (Å²) < 4.78 is 0. The van der Waals surface area contributed by atoms with Crippen molar-refractivity contribution in [3.05, 3.63) is 72.9 Å². The molecule has 0 fully saturated rings. The zero-order chi connectivity index (χ0) is 97.9. The molecule has 0 heterocycles. The monoisotopic (exact) mass is 1870 g/mol. The van der Waals surface area contributed by atoms with Gasteiger partial charge >= 0.3 is 0 Å². The first-order valence-corrected chi connectivity index (χ1v) is 55.2. The number of hydrogen-bond acceptors (Lipinski definition) is 15. The van der Waals surface area contributed by atoms with Crippen LogP contribution in [0.4, 0.5) is 0 Å². The molecule has 0 spiro atoms. The van der Waals surface area contributed by atoms with Crippen molar-refractivity contribution in [1.29, 1.82) is 0 Å². The van der Waals surface area contributed by atoms with Gasteiger partial charge in [-0.05, 0) is 122 Å². The molecule has 0 aliphatic rings. The predicted octanol–water partition coefficient (Wildman–Crippen LogP) is 24.7. The summed E-state index contributed by atoms with van der Waals surface area (Å²) >= 11 is 0. The second-order valence-electron chi connectivity index (χ2n) is 36.2. The summed E-state index contributed by atoms with van der Waals surface area (Å²) in [5.74, 6) is 0.241. The van der Waals surface area contributed by atoms with Crippen LogP contribution in [0.3, 0.4) is 0 Å². The minimum atomic E-state index is -0.0506. The molecule has 0 saturated carbocycles. The summed E-state index contributed by atoms with van der Waals surface area (Å²) in [6.45, 7) is 14.0. The average molecular weight is 1870 g/mol. The zero-order valence-corrected chi connectivity index (χ0v) is 86.8. The smallest absolute Gasteiger partial charge is 0.222 e. The highest BCUT2D eigenvalue weighted by Crippen LogP contribution is 2.20. The molecule has 132 heavy (non-hydrogen) atoms. The van der Waals surface area contributed by atoms with Gasteiger partial charge in [-0.25, -0.2) is 0 Å². The van der Waals surface area contributed by atoms with Crippen LogP contribution in [0.1, 0.15) is 484 Å². The zero-order valence-electron chi connectivity index (χ0n) is 86.8. The topological polar surface area (TPSA) is 304 Å². The van der Waals surface area contributed by atoms with Gasteiger partial charge in [0.2, 0.25) is 29.5 Å². The van der Waals surface area contributed by atoms with E-state index in [2.05, 4.69) is 108 Å². The first-order valence-electron chi connectivity index (χ1n) is 55.2. The quantitative estimate of drug-likeness (QED) is 0.0200. The Morgan fingerprint density at radius 2 is 0.280 bits per heavy atom. The van der Waals surface area contributed by atoms with Crippen LogP contribution < -0.4 is 0 Å². The summed E-state index contributed by atoms with van der Waals surface area (Å²) in [5, 5.41) is 89.4. The van der Waals surface area contributed by atoms with E-state index in [1.165, 1.54) is 308 Å². The van der Waals surface area contributed by atoms with Gasteiger partial charge in [0.25, 0.3) is 0 Å². The van der Waals surface area contributed by atoms with Crippen molar-refractivity contribution in [3.8, 4) is 0 Å². The Hall–Kier alpha value is -4.61. The second-order valence-corrected chi connectivity index (χ2v) is 36.2. The molecule has 20 nitrogen and oxygen atoms in total. The van der Waals surface area contributed by atoms with Crippen LogP contribution in [0.25, 0.3) is 0 Å². The van der Waals surface area contributed by atoms with Crippen LogP contribution in [-0.2, 0) is 24.0 Å². The van der Waals surface area contributed by atoms with Gasteiger partial charge in [-0.15, -0.1) is 0 Å². The van der Waals surface area contributed by atoms with E-state index in [9.17, 15) is 24.0 Å². The fourth-order valence-electron chi connectivity index (χ4n) is 15.8. The maximum absolute atomic E-state index is 12.0. The number of rotatable bonds is 96. The highest BCUT2D eigenvalue weighted by molar-refractivity contribution is 5.77.